The summed E-state index contributed by atoms with van der Waals surface area (Å²) in [6, 6.07) is 10.3. The number of nitrogens with zero attached hydrogens (tertiary/aromatic N) is 3. The maximum atomic E-state index is 13.6. The smallest absolute Gasteiger partial charge is 0.260 e. The highest BCUT2D eigenvalue weighted by molar-refractivity contribution is 7.14. The second-order valence-corrected chi connectivity index (χ2v) is 8.69. The van der Waals surface area contributed by atoms with Crippen LogP contribution in [-0.2, 0) is 11.2 Å². The molecule has 1 aliphatic heterocycles. The predicted molar refractivity (Wildman–Crippen MR) is 121 cm³/mol. The number of amides is 1. The van der Waals surface area contributed by atoms with Gasteiger partial charge in [-0.3, -0.25) is 9.69 Å². The molecule has 2 aromatic heterocycles. The Morgan fingerprint density at radius 3 is 2.63 bits per heavy atom. The lowest BCUT2D eigenvalue weighted by Crippen LogP contribution is -2.50. The van der Waals surface area contributed by atoms with Gasteiger partial charge < -0.3 is 9.64 Å². The van der Waals surface area contributed by atoms with E-state index in [2.05, 4.69) is 21.7 Å². The van der Waals surface area contributed by atoms with Crippen molar-refractivity contribution < 1.29 is 13.9 Å². The average Bonchev–Trinajstić information content (AvgIpc) is 3.44. The van der Waals surface area contributed by atoms with Crippen LogP contribution in [0.5, 0.6) is 5.75 Å². The molecule has 0 atom stereocenters. The molecule has 3 heterocycles. The number of ether oxygens (including phenoxy) is 1. The number of thiophene rings is 1. The SMILES string of the molecule is Cl.O=C(COc1ccccc1F)N1CCN(CCc2nc(-c3cccs3)cs2)CC1. The number of para-hydroxylation sites is 1. The Balaban J connectivity index is 0.00000256. The fourth-order valence-corrected chi connectivity index (χ4v) is 4.78. The first-order valence-corrected chi connectivity index (χ1v) is 11.3. The molecule has 0 radical (unpaired) electrons. The molecule has 0 unspecified atom stereocenters. The summed E-state index contributed by atoms with van der Waals surface area (Å²) in [7, 11) is 0. The van der Waals surface area contributed by atoms with Crippen molar-refractivity contribution in [1.82, 2.24) is 14.8 Å². The Bertz CT molecular complexity index is 943. The third-order valence-electron chi connectivity index (χ3n) is 4.88. The lowest BCUT2D eigenvalue weighted by atomic mass is 10.3. The summed E-state index contributed by atoms with van der Waals surface area (Å²) in [6.45, 7) is 3.79. The van der Waals surface area contributed by atoms with Crippen LogP contribution in [-0.4, -0.2) is 60.0 Å². The molecule has 0 N–H and O–H groups in total. The summed E-state index contributed by atoms with van der Waals surface area (Å²) in [5.74, 6) is -0.437. The number of hydrogen-bond donors (Lipinski definition) is 0. The summed E-state index contributed by atoms with van der Waals surface area (Å²) in [6.07, 6.45) is 0.917. The molecule has 0 saturated carbocycles. The molecule has 1 aliphatic rings. The van der Waals surface area contributed by atoms with Crippen LogP contribution in [0.2, 0.25) is 0 Å². The standard InChI is InChI=1S/C21H22FN3O2S2.ClH/c22-16-4-1-2-5-18(16)27-14-21(26)25-11-9-24(10-12-25)8-7-20-23-17(15-29-20)19-6-3-13-28-19;/h1-6,13,15H,7-12,14H2;1H. The summed E-state index contributed by atoms with van der Waals surface area (Å²) in [4.78, 5) is 22.4. The number of rotatable bonds is 7. The lowest BCUT2D eigenvalue weighted by Gasteiger charge is -2.34. The van der Waals surface area contributed by atoms with Gasteiger partial charge >= 0.3 is 0 Å². The number of hydrogen-bond acceptors (Lipinski definition) is 6. The summed E-state index contributed by atoms with van der Waals surface area (Å²) in [5, 5.41) is 5.33. The van der Waals surface area contributed by atoms with E-state index >= 15 is 0 Å². The van der Waals surface area contributed by atoms with Gasteiger partial charge in [0.15, 0.2) is 18.2 Å². The minimum absolute atomic E-state index is 0. The molecule has 0 bridgehead atoms. The molecule has 0 aliphatic carbocycles. The van der Waals surface area contributed by atoms with Gasteiger partial charge in [0.05, 0.1) is 15.6 Å². The first kappa shape index (κ1) is 22.7. The molecule has 1 aromatic carbocycles. The lowest BCUT2D eigenvalue weighted by molar-refractivity contribution is -0.135. The van der Waals surface area contributed by atoms with Gasteiger partial charge in [-0.2, -0.15) is 0 Å². The Morgan fingerprint density at radius 2 is 1.90 bits per heavy atom. The average molecular weight is 468 g/mol. The molecule has 1 amide bonds. The number of carbonyl (C=O) groups excluding carboxylic acids is 1. The van der Waals surface area contributed by atoms with Crippen LogP contribution in [0.1, 0.15) is 5.01 Å². The van der Waals surface area contributed by atoms with Crippen LogP contribution in [0, 0.1) is 5.82 Å². The minimum atomic E-state index is -0.449. The Labute approximate surface area is 189 Å². The predicted octanol–water partition coefficient (Wildman–Crippen LogP) is 4.20. The second kappa shape index (κ2) is 10.9. The zero-order valence-electron chi connectivity index (χ0n) is 16.3. The molecule has 9 heteroatoms. The molecular formula is C21H23ClFN3O2S2. The Morgan fingerprint density at radius 1 is 1.10 bits per heavy atom. The molecule has 3 aromatic rings. The number of thiazole rings is 1. The Kier molecular flexibility index (Phi) is 8.21. The van der Waals surface area contributed by atoms with E-state index in [4.69, 9.17) is 9.72 Å². The van der Waals surface area contributed by atoms with Crippen molar-refractivity contribution in [3.05, 3.63) is 58.0 Å². The van der Waals surface area contributed by atoms with Gasteiger partial charge in [-0.05, 0) is 23.6 Å². The molecular weight excluding hydrogens is 445 g/mol. The minimum Gasteiger partial charge on any atom is -0.481 e. The van der Waals surface area contributed by atoms with E-state index in [1.165, 1.54) is 17.0 Å². The van der Waals surface area contributed by atoms with Crippen LogP contribution >= 0.6 is 35.1 Å². The van der Waals surface area contributed by atoms with Crippen molar-refractivity contribution in [2.24, 2.45) is 0 Å². The van der Waals surface area contributed by atoms with E-state index < -0.39 is 5.82 Å². The van der Waals surface area contributed by atoms with E-state index in [1.807, 2.05) is 6.07 Å². The number of piperazine rings is 1. The van der Waals surface area contributed by atoms with Crippen LogP contribution in [0.15, 0.2) is 47.2 Å². The van der Waals surface area contributed by atoms with Crippen molar-refractivity contribution >= 4 is 41.0 Å². The van der Waals surface area contributed by atoms with Crippen molar-refractivity contribution in [2.45, 2.75) is 6.42 Å². The van der Waals surface area contributed by atoms with Gasteiger partial charge in [0.2, 0.25) is 0 Å². The molecule has 1 saturated heterocycles. The first-order chi connectivity index (χ1) is 14.2. The second-order valence-electron chi connectivity index (χ2n) is 6.80. The van der Waals surface area contributed by atoms with Gasteiger partial charge in [0.25, 0.3) is 5.91 Å². The summed E-state index contributed by atoms with van der Waals surface area (Å²) < 4.78 is 18.9. The van der Waals surface area contributed by atoms with Crippen molar-refractivity contribution in [3.63, 3.8) is 0 Å². The topological polar surface area (TPSA) is 45.7 Å². The van der Waals surface area contributed by atoms with E-state index in [1.54, 1.807) is 39.7 Å². The largest absolute Gasteiger partial charge is 0.481 e. The van der Waals surface area contributed by atoms with E-state index in [9.17, 15) is 9.18 Å². The highest BCUT2D eigenvalue weighted by atomic mass is 35.5. The molecule has 160 valence electrons. The van der Waals surface area contributed by atoms with Crippen LogP contribution in [0.4, 0.5) is 4.39 Å². The highest BCUT2D eigenvalue weighted by Gasteiger charge is 2.21. The third kappa shape index (κ3) is 5.78. The third-order valence-corrected chi connectivity index (χ3v) is 6.68. The normalized spacial score (nSPS) is 14.4. The Hall–Kier alpha value is -2.00. The molecule has 1 fully saturated rings. The quantitative estimate of drug-likeness (QED) is 0.522. The molecule has 5 nitrogen and oxygen atoms in total. The first-order valence-electron chi connectivity index (χ1n) is 9.55. The number of benzene rings is 1. The monoisotopic (exact) mass is 467 g/mol. The van der Waals surface area contributed by atoms with Gasteiger partial charge in [0.1, 0.15) is 0 Å². The van der Waals surface area contributed by atoms with Crippen molar-refractivity contribution in [1.29, 1.82) is 0 Å². The van der Waals surface area contributed by atoms with Crippen molar-refractivity contribution in [3.8, 4) is 16.3 Å². The maximum Gasteiger partial charge on any atom is 0.260 e. The fraction of sp³-hybridized carbons (Fsp3) is 0.333. The molecule has 30 heavy (non-hydrogen) atoms. The highest BCUT2D eigenvalue weighted by Crippen LogP contribution is 2.26. The molecule has 4 rings (SSSR count). The number of halogens is 2. The number of aromatic nitrogens is 1. The van der Waals surface area contributed by atoms with Gasteiger partial charge in [0, 0.05) is 44.5 Å². The maximum absolute atomic E-state index is 13.6. The van der Waals surface area contributed by atoms with Crippen molar-refractivity contribution in [2.75, 3.05) is 39.3 Å². The van der Waals surface area contributed by atoms with E-state index in [0.717, 1.165) is 36.8 Å². The summed E-state index contributed by atoms with van der Waals surface area (Å²) >= 11 is 3.41. The van der Waals surface area contributed by atoms with Crippen LogP contribution < -0.4 is 4.74 Å². The van der Waals surface area contributed by atoms with E-state index in [0.29, 0.717) is 13.1 Å². The van der Waals surface area contributed by atoms with E-state index in [-0.39, 0.29) is 30.7 Å². The summed E-state index contributed by atoms with van der Waals surface area (Å²) in [5.41, 5.74) is 1.06. The fourth-order valence-electron chi connectivity index (χ4n) is 3.23. The zero-order chi connectivity index (χ0) is 20.1. The van der Waals surface area contributed by atoms with Gasteiger partial charge in [-0.15, -0.1) is 35.1 Å². The van der Waals surface area contributed by atoms with Crippen LogP contribution in [0.25, 0.3) is 10.6 Å². The van der Waals surface area contributed by atoms with Crippen LogP contribution in [0.3, 0.4) is 0 Å². The van der Waals surface area contributed by atoms with Gasteiger partial charge in [-0.25, -0.2) is 9.37 Å². The molecule has 0 spiro atoms. The number of carbonyl (C=O) groups is 1. The van der Waals surface area contributed by atoms with Gasteiger partial charge in [-0.1, -0.05) is 18.2 Å². The zero-order valence-corrected chi connectivity index (χ0v) is 18.8.